The molecule has 0 amide bonds. The predicted octanol–water partition coefficient (Wildman–Crippen LogP) is 3.08. The maximum absolute atomic E-state index is 5.91. The van der Waals surface area contributed by atoms with E-state index < -0.39 is 0 Å². The minimum atomic E-state index is 0.884. The van der Waals surface area contributed by atoms with Crippen LogP contribution in [0.25, 0.3) is 0 Å². The largest absolute Gasteiger partial charge is 0.314 e. The van der Waals surface area contributed by atoms with Crippen molar-refractivity contribution in [3.8, 4) is 0 Å². The number of aliphatic imine (C=N–C) groups is 1. The number of hydrogen-bond donors (Lipinski definition) is 1. The molecule has 0 aromatic carbocycles. The van der Waals surface area contributed by atoms with Crippen LogP contribution in [0.15, 0.2) is 16.9 Å². The molecule has 3 heteroatoms. The third-order valence-electron chi connectivity index (χ3n) is 2.36. The van der Waals surface area contributed by atoms with Crippen molar-refractivity contribution in [2.75, 3.05) is 6.54 Å². The Morgan fingerprint density at radius 1 is 1.27 bits per heavy atom. The molecular weight excluding hydrogens is 186 g/mol. The van der Waals surface area contributed by atoms with E-state index in [1.165, 1.54) is 25.7 Å². The van der Waals surface area contributed by atoms with Crippen molar-refractivity contribution in [2.24, 2.45) is 10.8 Å². The maximum atomic E-state index is 5.91. The first-order valence-corrected chi connectivity index (χ1v) is 5.93. The van der Waals surface area contributed by atoms with Crippen molar-refractivity contribution in [3.05, 3.63) is 11.9 Å². The third kappa shape index (κ3) is 7.14. The van der Waals surface area contributed by atoms with Gasteiger partial charge in [0.1, 0.15) is 0 Å². The van der Waals surface area contributed by atoms with E-state index in [2.05, 4.69) is 25.6 Å². The highest BCUT2D eigenvalue weighted by molar-refractivity contribution is 5.26. The second-order valence-corrected chi connectivity index (χ2v) is 3.81. The first-order valence-electron chi connectivity index (χ1n) is 5.93. The standard InChI is InChI=1S/C12H25N3/c1-4-6-7-8-9-12(11-14-3)15(13)10-5-2/h11H,3-10,13H2,1-2H3/b12-11-. The second kappa shape index (κ2) is 9.71. The SMILES string of the molecule is C=N/C=C(/CCCCCC)N(N)CCC. The molecule has 0 spiro atoms. The first kappa shape index (κ1) is 14.2. The van der Waals surface area contributed by atoms with Crippen molar-refractivity contribution in [2.45, 2.75) is 52.4 Å². The van der Waals surface area contributed by atoms with Crippen LogP contribution in [-0.4, -0.2) is 18.3 Å². The molecule has 0 saturated carbocycles. The molecule has 0 aromatic heterocycles. The molecular formula is C12H25N3. The van der Waals surface area contributed by atoms with Gasteiger partial charge in [0.15, 0.2) is 0 Å². The van der Waals surface area contributed by atoms with Crippen molar-refractivity contribution < 1.29 is 0 Å². The van der Waals surface area contributed by atoms with Gasteiger partial charge in [-0.15, -0.1) is 0 Å². The Kier molecular flexibility index (Phi) is 9.18. The molecule has 15 heavy (non-hydrogen) atoms. The lowest BCUT2D eigenvalue weighted by molar-refractivity contribution is 0.341. The summed E-state index contributed by atoms with van der Waals surface area (Å²) in [6, 6.07) is 0. The monoisotopic (exact) mass is 211 g/mol. The number of hydrogen-bond acceptors (Lipinski definition) is 3. The molecule has 0 rings (SSSR count). The number of nitrogens with zero attached hydrogens (tertiary/aromatic N) is 2. The number of unbranched alkanes of at least 4 members (excludes halogenated alkanes) is 3. The maximum Gasteiger partial charge on any atom is 0.0473 e. The lowest BCUT2D eigenvalue weighted by Gasteiger charge is -2.20. The zero-order chi connectivity index (χ0) is 11.5. The summed E-state index contributed by atoms with van der Waals surface area (Å²) in [5, 5.41) is 1.79. The van der Waals surface area contributed by atoms with Crippen LogP contribution >= 0.6 is 0 Å². The van der Waals surface area contributed by atoms with E-state index in [-0.39, 0.29) is 0 Å². The lowest BCUT2D eigenvalue weighted by Crippen LogP contribution is -2.30. The van der Waals surface area contributed by atoms with Gasteiger partial charge in [-0.1, -0.05) is 33.1 Å². The molecule has 88 valence electrons. The molecule has 0 aliphatic carbocycles. The van der Waals surface area contributed by atoms with E-state index in [1.54, 1.807) is 11.2 Å². The van der Waals surface area contributed by atoms with Gasteiger partial charge in [-0.2, -0.15) is 0 Å². The summed E-state index contributed by atoms with van der Waals surface area (Å²) < 4.78 is 0. The summed E-state index contributed by atoms with van der Waals surface area (Å²) in [6.07, 6.45) is 8.86. The Morgan fingerprint density at radius 2 is 2.00 bits per heavy atom. The molecule has 0 saturated heterocycles. The molecule has 0 heterocycles. The lowest BCUT2D eigenvalue weighted by atomic mass is 10.1. The zero-order valence-corrected chi connectivity index (χ0v) is 10.2. The molecule has 2 N–H and O–H groups in total. The topological polar surface area (TPSA) is 41.6 Å². The van der Waals surface area contributed by atoms with Crippen molar-refractivity contribution >= 4 is 6.72 Å². The molecule has 0 fully saturated rings. The highest BCUT2D eigenvalue weighted by Crippen LogP contribution is 2.12. The van der Waals surface area contributed by atoms with Crippen LogP contribution < -0.4 is 5.84 Å². The van der Waals surface area contributed by atoms with Gasteiger partial charge in [0.25, 0.3) is 0 Å². The van der Waals surface area contributed by atoms with Gasteiger partial charge in [0.2, 0.25) is 0 Å². The molecule has 0 bridgehead atoms. The summed E-state index contributed by atoms with van der Waals surface area (Å²) >= 11 is 0. The van der Waals surface area contributed by atoms with E-state index in [9.17, 15) is 0 Å². The van der Waals surface area contributed by atoms with Crippen LogP contribution in [0.3, 0.4) is 0 Å². The van der Waals surface area contributed by atoms with Crippen molar-refractivity contribution in [1.82, 2.24) is 5.01 Å². The molecule has 0 atom stereocenters. The van der Waals surface area contributed by atoms with Crippen LogP contribution in [0.4, 0.5) is 0 Å². The van der Waals surface area contributed by atoms with E-state index in [1.807, 2.05) is 0 Å². The highest BCUT2D eigenvalue weighted by Gasteiger charge is 2.03. The molecule has 0 aliphatic rings. The van der Waals surface area contributed by atoms with E-state index in [0.29, 0.717) is 0 Å². The smallest absolute Gasteiger partial charge is 0.0473 e. The minimum absolute atomic E-state index is 0.884. The van der Waals surface area contributed by atoms with Crippen LogP contribution in [0.5, 0.6) is 0 Å². The van der Waals surface area contributed by atoms with Crippen molar-refractivity contribution in [1.29, 1.82) is 0 Å². The normalized spacial score (nSPS) is 11.5. The number of rotatable bonds is 9. The molecule has 0 radical (unpaired) electrons. The van der Waals surface area contributed by atoms with Crippen LogP contribution in [-0.2, 0) is 0 Å². The van der Waals surface area contributed by atoms with Gasteiger partial charge in [-0.05, 0) is 26.0 Å². The van der Waals surface area contributed by atoms with Gasteiger partial charge in [0.05, 0.1) is 0 Å². The minimum Gasteiger partial charge on any atom is -0.314 e. The quantitative estimate of drug-likeness (QED) is 0.275. The second-order valence-electron chi connectivity index (χ2n) is 3.81. The Labute approximate surface area is 94.0 Å². The first-order chi connectivity index (χ1) is 7.26. The predicted molar refractivity (Wildman–Crippen MR) is 67.6 cm³/mol. The molecule has 0 aromatic rings. The van der Waals surface area contributed by atoms with Gasteiger partial charge < -0.3 is 5.01 Å². The van der Waals surface area contributed by atoms with Gasteiger partial charge in [-0.3, -0.25) is 4.99 Å². The average molecular weight is 211 g/mol. The number of nitrogens with two attached hydrogens (primary N) is 1. The summed E-state index contributed by atoms with van der Waals surface area (Å²) in [7, 11) is 0. The summed E-state index contributed by atoms with van der Waals surface area (Å²) in [6.45, 7) is 8.70. The zero-order valence-electron chi connectivity index (χ0n) is 10.2. The Morgan fingerprint density at radius 3 is 2.53 bits per heavy atom. The summed E-state index contributed by atoms with van der Waals surface area (Å²) in [5.74, 6) is 5.91. The summed E-state index contributed by atoms with van der Waals surface area (Å²) in [5.41, 5.74) is 1.10. The fraction of sp³-hybridized carbons (Fsp3) is 0.750. The van der Waals surface area contributed by atoms with E-state index >= 15 is 0 Å². The average Bonchev–Trinajstić information content (AvgIpc) is 2.23. The van der Waals surface area contributed by atoms with Gasteiger partial charge in [-0.25, -0.2) is 5.84 Å². The molecule has 3 nitrogen and oxygen atoms in total. The van der Waals surface area contributed by atoms with E-state index in [0.717, 1.165) is 25.1 Å². The fourth-order valence-corrected chi connectivity index (χ4v) is 1.51. The molecule has 0 aliphatic heterocycles. The Hall–Kier alpha value is -0.830. The highest BCUT2D eigenvalue weighted by atomic mass is 15.4. The Balaban J connectivity index is 3.93. The van der Waals surface area contributed by atoms with Crippen LogP contribution in [0, 0.1) is 0 Å². The van der Waals surface area contributed by atoms with Crippen molar-refractivity contribution in [3.63, 3.8) is 0 Å². The van der Waals surface area contributed by atoms with Crippen LogP contribution in [0.2, 0.25) is 0 Å². The number of allylic oxidation sites excluding steroid dienone is 1. The Bertz CT molecular complexity index is 187. The van der Waals surface area contributed by atoms with Gasteiger partial charge >= 0.3 is 0 Å². The fourth-order valence-electron chi connectivity index (χ4n) is 1.51. The molecule has 0 unspecified atom stereocenters. The third-order valence-corrected chi connectivity index (χ3v) is 2.36. The van der Waals surface area contributed by atoms with E-state index in [4.69, 9.17) is 5.84 Å². The van der Waals surface area contributed by atoms with Crippen LogP contribution in [0.1, 0.15) is 52.4 Å². The number of hydrazine groups is 1. The summed E-state index contributed by atoms with van der Waals surface area (Å²) in [4.78, 5) is 3.80. The van der Waals surface area contributed by atoms with Gasteiger partial charge in [0, 0.05) is 18.4 Å².